The number of amides is 1. The van der Waals surface area contributed by atoms with Crippen molar-refractivity contribution in [2.75, 3.05) is 6.54 Å². The Labute approximate surface area is 112 Å². The largest absolute Gasteiger partial charge is 0.346 e. The number of nitrogens with zero attached hydrogens (tertiary/aromatic N) is 1. The van der Waals surface area contributed by atoms with Crippen LogP contribution in [-0.4, -0.2) is 17.4 Å². The molecule has 0 unspecified atom stereocenters. The lowest BCUT2D eigenvalue weighted by molar-refractivity contribution is 0.0950. The van der Waals surface area contributed by atoms with Crippen molar-refractivity contribution in [2.24, 2.45) is 5.73 Å². The lowest BCUT2D eigenvalue weighted by atomic mass is 10.1. The smallest absolute Gasteiger partial charge is 0.251 e. The Morgan fingerprint density at radius 2 is 1.95 bits per heavy atom. The zero-order valence-corrected chi connectivity index (χ0v) is 10.7. The molecule has 0 saturated heterocycles. The van der Waals surface area contributed by atoms with Crippen LogP contribution in [0.25, 0.3) is 0 Å². The lowest BCUT2D eigenvalue weighted by Gasteiger charge is -2.05. The number of pyridine rings is 1. The molecular weight excluding hydrogens is 238 g/mol. The van der Waals surface area contributed by atoms with E-state index in [0.29, 0.717) is 18.7 Å². The Morgan fingerprint density at radius 3 is 2.58 bits per heavy atom. The molecule has 4 heteroatoms. The van der Waals surface area contributed by atoms with Gasteiger partial charge in [-0.3, -0.25) is 9.78 Å². The minimum atomic E-state index is -0.0926. The number of benzene rings is 1. The molecule has 4 nitrogen and oxygen atoms in total. The van der Waals surface area contributed by atoms with Gasteiger partial charge in [-0.05, 0) is 42.8 Å². The zero-order chi connectivity index (χ0) is 13.5. The van der Waals surface area contributed by atoms with Crippen LogP contribution in [0.1, 0.15) is 21.6 Å². The van der Waals surface area contributed by atoms with Gasteiger partial charge in [0.25, 0.3) is 5.91 Å². The molecule has 2 rings (SSSR count). The van der Waals surface area contributed by atoms with Crippen LogP contribution in [0, 0.1) is 0 Å². The summed E-state index contributed by atoms with van der Waals surface area (Å²) in [5, 5.41) is 2.84. The van der Waals surface area contributed by atoms with Crippen LogP contribution in [0.2, 0.25) is 0 Å². The molecule has 0 aliphatic rings. The molecule has 19 heavy (non-hydrogen) atoms. The third kappa shape index (κ3) is 3.89. The first-order chi connectivity index (χ1) is 9.29. The van der Waals surface area contributed by atoms with E-state index in [1.165, 1.54) is 0 Å². The van der Waals surface area contributed by atoms with Crippen molar-refractivity contribution in [1.29, 1.82) is 0 Å². The van der Waals surface area contributed by atoms with Gasteiger partial charge in [0.05, 0.1) is 12.2 Å². The highest BCUT2D eigenvalue weighted by molar-refractivity contribution is 5.94. The first kappa shape index (κ1) is 13.2. The number of nitrogens with two attached hydrogens (primary N) is 1. The molecule has 0 bridgehead atoms. The molecule has 0 spiro atoms. The molecular formula is C15H17N3O. The third-order valence-corrected chi connectivity index (χ3v) is 2.81. The maximum absolute atomic E-state index is 11.9. The number of carbonyl (C=O) groups excluding carboxylic acids is 1. The summed E-state index contributed by atoms with van der Waals surface area (Å²) in [6.45, 7) is 1.05. The summed E-state index contributed by atoms with van der Waals surface area (Å²) in [6.07, 6.45) is 2.54. The highest BCUT2D eigenvalue weighted by Gasteiger charge is 2.05. The Morgan fingerprint density at radius 1 is 1.16 bits per heavy atom. The summed E-state index contributed by atoms with van der Waals surface area (Å²) < 4.78 is 0. The summed E-state index contributed by atoms with van der Waals surface area (Å²) in [7, 11) is 0. The molecule has 1 aromatic heterocycles. The first-order valence-corrected chi connectivity index (χ1v) is 6.26. The van der Waals surface area contributed by atoms with E-state index in [1.807, 2.05) is 42.5 Å². The number of hydrogen-bond donors (Lipinski definition) is 2. The van der Waals surface area contributed by atoms with E-state index in [4.69, 9.17) is 5.73 Å². The fraction of sp³-hybridized carbons (Fsp3) is 0.200. The van der Waals surface area contributed by atoms with Crippen molar-refractivity contribution >= 4 is 5.91 Å². The highest BCUT2D eigenvalue weighted by Crippen LogP contribution is 2.05. The minimum Gasteiger partial charge on any atom is -0.346 e. The van der Waals surface area contributed by atoms with Crippen molar-refractivity contribution < 1.29 is 4.79 Å². The molecule has 0 saturated carbocycles. The summed E-state index contributed by atoms with van der Waals surface area (Å²) in [4.78, 5) is 16.1. The van der Waals surface area contributed by atoms with Gasteiger partial charge in [-0.1, -0.05) is 18.2 Å². The van der Waals surface area contributed by atoms with Crippen LogP contribution in [0.3, 0.4) is 0 Å². The Bertz CT molecular complexity index is 523. The van der Waals surface area contributed by atoms with Crippen molar-refractivity contribution in [3.63, 3.8) is 0 Å². The fourth-order valence-corrected chi connectivity index (χ4v) is 1.77. The van der Waals surface area contributed by atoms with Crippen LogP contribution in [0.15, 0.2) is 48.7 Å². The average Bonchev–Trinajstić information content (AvgIpc) is 2.47. The van der Waals surface area contributed by atoms with Gasteiger partial charge in [0.1, 0.15) is 0 Å². The summed E-state index contributed by atoms with van der Waals surface area (Å²) >= 11 is 0. The number of rotatable bonds is 5. The molecule has 0 aliphatic heterocycles. The van der Waals surface area contributed by atoms with E-state index in [-0.39, 0.29) is 5.91 Å². The van der Waals surface area contributed by atoms with Gasteiger partial charge in [-0.2, -0.15) is 0 Å². The maximum atomic E-state index is 11.9. The van der Waals surface area contributed by atoms with Crippen molar-refractivity contribution in [2.45, 2.75) is 13.0 Å². The Kier molecular flexibility index (Phi) is 4.64. The number of hydrogen-bond acceptors (Lipinski definition) is 3. The second-order valence-electron chi connectivity index (χ2n) is 4.24. The fourth-order valence-electron chi connectivity index (χ4n) is 1.77. The zero-order valence-electron chi connectivity index (χ0n) is 10.7. The molecule has 1 amide bonds. The summed E-state index contributed by atoms with van der Waals surface area (Å²) in [6, 6.07) is 13.1. The quantitative estimate of drug-likeness (QED) is 0.851. The second-order valence-corrected chi connectivity index (χ2v) is 4.24. The van der Waals surface area contributed by atoms with Crippen LogP contribution in [-0.2, 0) is 13.0 Å². The molecule has 0 fully saturated rings. The third-order valence-electron chi connectivity index (χ3n) is 2.81. The standard InChI is InChI=1S/C15H17N3O/c16-9-8-12-4-6-13(7-5-12)15(19)18-11-14-3-1-2-10-17-14/h1-7,10H,8-9,11,16H2,(H,18,19). The van der Waals surface area contributed by atoms with Gasteiger partial charge in [0.15, 0.2) is 0 Å². The molecule has 3 N–H and O–H groups in total. The van der Waals surface area contributed by atoms with E-state index < -0.39 is 0 Å². The number of aromatic nitrogens is 1. The maximum Gasteiger partial charge on any atom is 0.251 e. The molecule has 2 aromatic rings. The first-order valence-electron chi connectivity index (χ1n) is 6.26. The second kappa shape index (κ2) is 6.66. The minimum absolute atomic E-state index is 0.0926. The summed E-state index contributed by atoms with van der Waals surface area (Å²) in [5.74, 6) is -0.0926. The monoisotopic (exact) mass is 255 g/mol. The van der Waals surface area contributed by atoms with Gasteiger partial charge in [0.2, 0.25) is 0 Å². The van der Waals surface area contributed by atoms with Crippen molar-refractivity contribution in [1.82, 2.24) is 10.3 Å². The Hall–Kier alpha value is -2.20. The van der Waals surface area contributed by atoms with Crippen molar-refractivity contribution in [3.05, 3.63) is 65.5 Å². The number of nitrogens with one attached hydrogen (secondary N) is 1. The van der Waals surface area contributed by atoms with Crippen LogP contribution < -0.4 is 11.1 Å². The van der Waals surface area contributed by atoms with Gasteiger partial charge in [-0.15, -0.1) is 0 Å². The molecule has 0 radical (unpaired) electrons. The van der Waals surface area contributed by atoms with Crippen LogP contribution >= 0.6 is 0 Å². The topological polar surface area (TPSA) is 68.0 Å². The average molecular weight is 255 g/mol. The summed E-state index contributed by atoms with van der Waals surface area (Å²) in [5.41, 5.74) is 8.12. The molecule has 0 atom stereocenters. The van der Waals surface area contributed by atoms with Crippen LogP contribution in [0.4, 0.5) is 0 Å². The number of carbonyl (C=O) groups is 1. The Balaban J connectivity index is 1.92. The van der Waals surface area contributed by atoms with E-state index in [2.05, 4.69) is 10.3 Å². The molecule has 1 heterocycles. The van der Waals surface area contributed by atoms with E-state index in [0.717, 1.165) is 17.7 Å². The van der Waals surface area contributed by atoms with Gasteiger partial charge in [-0.25, -0.2) is 0 Å². The SMILES string of the molecule is NCCc1ccc(C(=O)NCc2ccccn2)cc1. The van der Waals surface area contributed by atoms with Gasteiger partial charge < -0.3 is 11.1 Å². The highest BCUT2D eigenvalue weighted by atomic mass is 16.1. The molecule has 98 valence electrons. The van der Waals surface area contributed by atoms with Gasteiger partial charge in [0, 0.05) is 11.8 Å². The normalized spacial score (nSPS) is 10.2. The molecule has 1 aromatic carbocycles. The van der Waals surface area contributed by atoms with Crippen molar-refractivity contribution in [3.8, 4) is 0 Å². The predicted octanol–water partition coefficient (Wildman–Crippen LogP) is 1.51. The van der Waals surface area contributed by atoms with E-state index in [9.17, 15) is 4.79 Å². The van der Waals surface area contributed by atoms with E-state index in [1.54, 1.807) is 6.20 Å². The molecule has 0 aliphatic carbocycles. The predicted molar refractivity (Wildman–Crippen MR) is 74.6 cm³/mol. The van der Waals surface area contributed by atoms with Crippen LogP contribution in [0.5, 0.6) is 0 Å². The van der Waals surface area contributed by atoms with E-state index >= 15 is 0 Å². The lowest BCUT2D eigenvalue weighted by Crippen LogP contribution is -2.23. The van der Waals surface area contributed by atoms with Gasteiger partial charge >= 0.3 is 0 Å².